The van der Waals surface area contributed by atoms with Crippen molar-refractivity contribution in [2.45, 2.75) is 70.9 Å². The molecule has 0 atom stereocenters. The van der Waals surface area contributed by atoms with E-state index in [-0.39, 0.29) is 17.4 Å². The van der Waals surface area contributed by atoms with Crippen molar-refractivity contribution in [3.05, 3.63) is 95.0 Å². The zero-order chi connectivity index (χ0) is 28.6. The van der Waals surface area contributed by atoms with E-state index in [1.54, 1.807) is 0 Å². The van der Waals surface area contributed by atoms with Crippen molar-refractivity contribution < 1.29 is 9.22 Å². The van der Waals surface area contributed by atoms with E-state index in [1.807, 2.05) is 24.1 Å². The molecule has 0 spiro atoms. The summed E-state index contributed by atoms with van der Waals surface area (Å²) in [5.41, 5.74) is 4.13. The fraction of sp³-hybridized carbons (Fsp3) is 0.353. The quantitative estimate of drug-likeness (QED) is 0.205. The predicted molar refractivity (Wildman–Crippen MR) is 171 cm³/mol. The molecule has 2 heterocycles. The Balaban J connectivity index is 1.45. The first-order valence-corrected chi connectivity index (χ1v) is 16.9. The molecule has 0 bridgehead atoms. The van der Waals surface area contributed by atoms with Gasteiger partial charge in [-0.25, -0.2) is 4.98 Å². The van der Waals surface area contributed by atoms with Crippen molar-refractivity contribution >= 4 is 52.7 Å². The minimum absolute atomic E-state index is 0.00165. The summed E-state index contributed by atoms with van der Waals surface area (Å²) in [5, 5.41) is 2.38. The summed E-state index contributed by atoms with van der Waals surface area (Å²) >= 11 is 1.50. The number of carbonyl (C=O) groups excluding carboxylic acids is 1. The third-order valence-electron chi connectivity index (χ3n) is 8.28. The maximum Gasteiger partial charge on any atom is 0.283 e. The van der Waals surface area contributed by atoms with E-state index < -0.39 is 9.04 Å². The Bertz CT molecular complexity index is 1610. The van der Waals surface area contributed by atoms with Crippen LogP contribution in [0.1, 0.15) is 73.8 Å². The Morgan fingerprint density at radius 1 is 0.976 bits per heavy atom. The van der Waals surface area contributed by atoms with E-state index in [1.165, 1.54) is 46.5 Å². The van der Waals surface area contributed by atoms with Crippen molar-refractivity contribution in [3.63, 3.8) is 0 Å². The van der Waals surface area contributed by atoms with Gasteiger partial charge in [-0.3, -0.25) is 9.20 Å². The fourth-order valence-corrected chi connectivity index (χ4v) is 8.91. The standard InChI is InChI=1S/C34H38N3O2SSi/c1-34(2,3)24-20-21-28-29(22-24)37-30(23-39-41(26-16-10-6-11-17-26)27-18-12-7-13-19-27)31(40-33(37)35-28)32(38)36(4)25-14-8-5-9-15-25/h6-7,10-13,16-22,25H,5,8-9,14-15,23H2,1-4H3. The number of hydrogen-bond donors (Lipinski definition) is 0. The van der Waals surface area contributed by atoms with Gasteiger partial charge in [-0.1, -0.05) is 118 Å². The highest BCUT2D eigenvalue weighted by atomic mass is 32.1. The average Bonchev–Trinajstić information content (AvgIpc) is 3.53. The highest BCUT2D eigenvalue weighted by molar-refractivity contribution is 7.19. The van der Waals surface area contributed by atoms with Gasteiger partial charge in [0.1, 0.15) is 4.88 Å². The Hall–Kier alpha value is -3.26. The van der Waals surface area contributed by atoms with E-state index in [2.05, 4.69) is 91.9 Å². The molecule has 1 radical (unpaired) electrons. The largest absolute Gasteiger partial charge is 0.401 e. The first-order valence-electron chi connectivity index (χ1n) is 14.6. The maximum absolute atomic E-state index is 14.1. The van der Waals surface area contributed by atoms with Crippen LogP contribution in [0.5, 0.6) is 0 Å². The summed E-state index contributed by atoms with van der Waals surface area (Å²) in [4.78, 5) is 22.7. The van der Waals surface area contributed by atoms with Gasteiger partial charge < -0.3 is 9.33 Å². The highest BCUT2D eigenvalue weighted by Gasteiger charge is 2.30. The maximum atomic E-state index is 14.1. The second-order valence-corrected chi connectivity index (χ2v) is 15.2. The fourth-order valence-electron chi connectivity index (χ4n) is 5.85. The van der Waals surface area contributed by atoms with E-state index in [4.69, 9.17) is 9.41 Å². The molecule has 6 rings (SSSR count). The molecule has 7 heteroatoms. The molecule has 5 aromatic rings. The lowest BCUT2D eigenvalue weighted by molar-refractivity contribution is 0.0698. The van der Waals surface area contributed by atoms with Crippen LogP contribution in [0.4, 0.5) is 0 Å². The summed E-state index contributed by atoms with van der Waals surface area (Å²) < 4.78 is 9.07. The average molecular weight is 581 g/mol. The van der Waals surface area contributed by atoms with Crippen LogP contribution < -0.4 is 10.4 Å². The lowest BCUT2D eigenvalue weighted by atomic mass is 9.87. The first kappa shape index (κ1) is 27.9. The topological polar surface area (TPSA) is 46.8 Å². The van der Waals surface area contributed by atoms with Crippen LogP contribution >= 0.6 is 11.3 Å². The van der Waals surface area contributed by atoms with Crippen molar-refractivity contribution in [2.24, 2.45) is 0 Å². The Morgan fingerprint density at radius 2 is 1.61 bits per heavy atom. The number of benzene rings is 3. The van der Waals surface area contributed by atoms with Gasteiger partial charge >= 0.3 is 0 Å². The molecule has 1 aliphatic rings. The van der Waals surface area contributed by atoms with E-state index in [0.29, 0.717) is 6.61 Å². The van der Waals surface area contributed by atoms with Crippen molar-refractivity contribution in [3.8, 4) is 0 Å². The molecule has 0 N–H and O–H groups in total. The zero-order valence-electron chi connectivity index (χ0n) is 24.4. The van der Waals surface area contributed by atoms with Gasteiger partial charge in [-0.2, -0.15) is 0 Å². The van der Waals surface area contributed by atoms with Crippen LogP contribution in [0.3, 0.4) is 0 Å². The van der Waals surface area contributed by atoms with Crippen LogP contribution in [-0.2, 0) is 16.4 Å². The number of hydrogen-bond acceptors (Lipinski definition) is 4. The molecule has 0 saturated heterocycles. The molecule has 1 saturated carbocycles. The molecule has 0 unspecified atom stereocenters. The van der Waals surface area contributed by atoms with Crippen molar-refractivity contribution in [1.82, 2.24) is 14.3 Å². The number of aromatic nitrogens is 2. The second kappa shape index (κ2) is 11.5. The molecule has 1 amide bonds. The van der Waals surface area contributed by atoms with E-state index in [0.717, 1.165) is 39.4 Å². The second-order valence-electron chi connectivity index (χ2n) is 12.1. The number of nitrogens with zero attached hydrogens (tertiary/aromatic N) is 3. The molecule has 5 nitrogen and oxygen atoms in total. The van der Waals surface area contributed by atoms with Crippen LogP contribution in [0.2, 0.25) is 0 Å². The highest BCUT2D eigenvalue weighted by Crippen LogP contribution is 2.33. The van der Waals surface area contributed by atoms with Crippen LogP contribution in [0.15, 0.2) is 78.9 Å². The molecule has 41 heavy (non-hydrogen) atoms. The molecule has 2 aromatic heterocycles. The monoisotopic (exact) mass is 580 g/mol. The predicted octanol–water partition coefficient (Wildman–Crippen LogP) is 6.57. The molecule has 0 aliphatic heterocycles. The Morgan fingerprint density at radius 3 is 2.22 bits per heavy atom. The Kier molecular flexibility index (Phi) is 7.85. The SMILES string of the molecule is CN(C(=O)c1sc2nc3ccc(C(C)(C)C)cc3n2c1CO[Si](c1ccccc1)c1ccccc1)C1CCCCC1. The van der Waals surface area contributed by atoms with Gasteiger partial charge in [0.25, 0.3) is 14.9 Å². The smallest absolute Gasteiger partial charge is 0.283 e. The number of thiazole rings is 1. The summed E-state index contributed by atoms with van der Waals surface area (Å²) in [6.07, 6.45) is 5.78. The number of imidazole rings is 1. The normalized spacial score (nSPS) is 14.8. The number of amides is 1. The minimum atomic E-state index is -1.55. The third-order valence-corrected chi connectivity index (χ3v) is 11.5. The van der Waals surface area contributed by atoms with Gasteiger partial charge in [-0.05, 0) is 46.3 Å². The number of rotatable bonds is 7. The lowest BCUT2D eigenvalue weighted by Crippen LogP contribution is -2.45. The summed E-state index contributed by atoms with van der Waals surface area (Å²) in [5.74, 6) is 0.0827. The molecule has 1 fully saturated rings. The molecule has 211 valence electrons. The van der Waals surface area contributed by atoms with Crippen molar-refractivity contribution in [1.29, 1.82) is 0 Å². The first-order chi connectivity index (χ1) is 19.8. The summed E-state index contributed by atoms with van der Waals surface area (Å²) in [6, 6.07) is 27.8. The van der Waals surface area contributed by atoms with Crippen molar-refractivity contribution in [2.75, 3.05) is 7.05 Å². The lowest BCUT2D eigenvalue weighted by Gasteiger charge is -2.31. The van der Waals surface area contributed by atoms with Gasteiger partial charge in [0.15, 0.2) is 4.96 Å². The summed E-state index contributed by atoms with van der Waals surface area (Å²) in [7, 11) is 0.431. The molecular formula is C34H38N3O2SSi. The molecule has 3 aromatic carbocycles. The van der Waals surface area contributed by atoms with Gasteiger partial charge in [-0.15, -0.1) is 0 Å². The van der Waals surface area contributed by atoms with E-state index >= 15 is 0 Å². The van der Waals surface area contributed by atoms with Gasteiger partial charge in [0.05, 0.1) is 23.3 Å². The van der Waals surface area contributed by atoms with Gasteiger partial charge in [0.2, 0.25) is 0 Å². The van der Waals surface area contributed by atoms with E-state index in [9.17, 15) is 4.79 Å². The number of fused-ring (bicyclic) bond motifs is 3. The summed E-state index contributed by atoms with van der Waals surface area (Å²) in [6.45, 7) is 7.02. The zero-order valence-corrected chi connectivity index (χ0v) is 26.2. The third kappa shape index (κ3) is 5.63. The van der Waals surface area contributed by atoms with Crippen LogP contribution in [0, 0.1) is 0 Å². The Labute approximate surface area is 248 Å². The van der Waals surface area contributed by atoms with Crippen LogP contribution in [0.25, 0.3) is 16.0 Å². The molecule has 1 aliphatic carbocycles. The molecular weight excluding hydrogens is 543 g/mol. The number of carbonyl (C=O) groups is 1. The van der Waals surface area contributed by atoms with Crippen LogP contribution in [-0.4, -0.2) is 42.3 Å². The van der Waals surface area contributed by atoms with Gasteiger partial charge in [0, 0.05) is 13.1 Å². The minimum Gasteiger partial charge on any atom is -0.401 e.